The third-order valence-electron chi connectivity index (χ3n) is 4.18. The smallest absolute Gasteiger partial charge is 0.270 e. The number of nitrogens with zero attached hydrogens (tertiary/aromatic N) is 1. The van der Waals surface area contributed by atoms with Crippen LogP contribution in [0.4, 0.5) is 5.69 Å². The molecule has 0 aliphatic carbocycles. The number of hydrogen-bond acceptors (Lipinski definition) is 4. The number of unbranched alkanes of at least 4 members (excludes halogenated alkanes) is 2. The molecule has 25 heavy (non-hydrogen) atoms. The number of carbonyl (C=O) groups excluding carboxylic acids is 2. The largest absolute Gasteiger partial charge is 0.507 e. The molecule has 0 radical (unpaired) electrons. The van der Waals surface area contributed by atoms with Gasteiger partial charge in [-0.25, -0.2) is 9.79 Å². The van der Waals surface area contributed by atoms with E-state index in [1.165, 1.54) is 6.08 Å². The van der Waals surface area contributed by atoms with Crippen LogP contribution in [0.2, 0.25) is 0 Å². The van der Waals surface area contributed by atoms with E-state index in [1.54, 1.807) is 12.9 Å². The second-order valence-corrected chi connectivity index (χ2v) is 6.01. The van der Waals surface area contributed by atoms with Gasteiger partial charge in [-0.1, -0.05) is 32.4 Å². The zero-order valence-corrected chi connectivity index (χ0v) is 14.8. The first-order chi connectivity index (χ1) is 11.9. The fraction of sp³-hybridized carbons (Fsp3) is 0.300. The summed E-state index contributed by atoms with van der Waals surface area (Å²) in [6, 6.07) is 0. The highest BCUT2D eigenvalue weighted by molar-refractivity contribution is 5.99. The molecule has 2 N–H and O–H groups in total. The van der Waals surface area contributed by atoms with Crippen LogP contribution in [0, 0.1) is 0 Å². The fourth-order valence-corrected chi connectivity index (χ4v) is 2.94. The van der Waals surface area contributed by atoms with E-state index in [4.69, 9.17) is 0 Å². The summed E-state index contributed by atoms with van der Waals surface area (Å²) in [6.45, 7) is 9.78. The van der Waals surface area contributed by atoms with Gasteiger partial charge in [0.15, 0.2) is 0 Å². The molecule has 1 heterocycles. The SMILES string of the molecule is C=c1c(NC=C=O)c(/C(C)=C\CCCC)c(O)c2c1=NC(=O)C=C2C. The van der Waals surface area contributed by atoms with Crippen molar-refractivity contribution in [2.75, 3.05) is 5.32 Å². The number of allylic oxidation sites excluding steroid dienone is 3. The van der Waals surface area contributed by atoms with Gasteiger partial charge in [-0.05, 0) is 31.4 Å². The summed E-state index contributed by atoms with van der Waals surface area (Å²) < 4.78 is 0. The molecule has 1 aromatic rings. The summed E-state index contributed by atoms with van der Waals surface area (Å²) in [6.07, 6.45) is 7.53. The highest BCUT2D eigenvalue weighted by Gasteiger charge is 2.22. The molecule has 1 aliphatic rings. The van der Waals surface area contributed by atoms with E-state index >= 15 is 0 Å². The lowest BCUT2D eigenvalue weighted by molar-refractivity contribution is -0.113. The molecule has 0 atom stereocenters. The number of nitrogens with one attached hydrogen (secondary N) is 1. The third-order valence-corrected chi connectivity index (χ3v) is 4.18. The molecule has 0 spiro atoms. The topological polar surface area (TPSA) is 78.8 Å². The minimum atomic E-state index is -0.394. The van der Waals surface area contributed by atoms with Crippen molar-refractivity contribution in [3.63, 3.8) is 0 Å². The first-order valence-electron chi connectivity index (χ1n) is 8.24. The quantitative estimate of drug-likeness (QED) is 0.617. The van der Waals surface area contributed by atoms with Gasteiger partial charge >= 0.3 is 0 Å². The van der Waals surface area contributed by atoms with Gasteiger partial charge in [-0.15, -0.1) is 0 Å². The molecule has 5 heteroatoms. The van der Waals surface area contributed by atoms with Crippen molar-refractivity contribution in [2.24, 2.45) is 4.99 Å². The number of anilines is 1. The molecular weight excluding hydrogens is 316 g/mol. The van der Waals surface area contributed by atoms with Crippen LogP contribution in [0.25, 0.3) is 17.7 Å². The summed E-state index contributed by atoms with van der Waals surface area (Å²) >= 11 is 0. The number of aromatic hydroxyl groups is 1. The Balaban J connectivity index is 2.82. The van der Waals surface area contributed by atoms with E-state index < -0.39 is 5.91 Å². The molecule has 0 saturated heterocycles. The molecule has 2 rings (SSSR count). The molecule has 0 bridgehead atoms. The summed E-state index contributed by atoms with van der Waals surface area (Å²) in [5.74, 6) is 1.29. The molecular formula is C20H22N2O3. The predicted octanol–water partition coefficient (Wildman–Crippen LogP) is 2.72. The monoisotopic (exact) mass is 338 g/mol. The Morgan fingerprint density at radius 3 is 2.84 bits per heavy atom. The van der Waals surface area contributed by atoms with Crippen LogP contribution in [-0.4, -0.2) is 17.0 Å². The Kier molecular flexibility index (Phi) is 5.73. The molecule has 0 saturated carbocycles. The number of amides is 1. The maximum absolute atomic E-state index is 11.8. The maximum Gasteiger partial charge on any atom is 0.270 e. The van der Waals surface area contributed by atoms with Crippen LogP contribution < -0.4 is 15.9 Å². The van der Waals surface area contributed by atoms with E-state index in [0.717, 1.165) is 31.0 Å². The number of benzene rings is 1. The average molecular weight is 338 g/mol. The van der Waals surface area contributed by atoms with E-state index in [2.05, 4.69) is 23.8 Å². The van der Waals surface area contributed by atoms with Gasteiger partial charge in [0.25, 0.3) is 5.91 Å². The van der Waals surface area contributed by atoms with Gasteiger partial charge in [0.1, 0.15) is 11.7 Å². The lowest BCUT2D eigenvalue weighted by Crippen LogP contribution is -2.33. The second-order valence-electron chi connectivity index (χ2n) is 6.01. The summed E-state index contributed by atoms with van der Waals surface area (Å²) in [5.41, 5.74) is 3.02. The van der Waals surface area contributed by atoms with Gasteiger partial charge in [-0.2, -0.15) is 0 Å². The van der Waals surface area contributed by atoms with E-state index in [-0.39, 0.29) is 5.75 Å². The van der Waals surface area contributed by atoms with Gasteiger partial charge in [0.2, 0.25) is 0 Å². The molecule has 1 aliphatic heterocycles. The normalized spacial score (nSPS) is 13.5. The first kappa shape index (κ1) is 18.4. The van der Waals surface area contributed by atoms with Crippen molar-refractivity contribution in [2.45, 2.75) is 40.0 Å². The van der Waals surface area contributed by atoms with Crippen molar-refractivity contribution < 1.29 is 14.7 Å². The number of fused-ring (bicyclic) bond motifs is 1. The lowest BCUT2D eigenvalue weighted by Gasteiger charge is -2.18. The lowest BCUT2D eigenvalue weighted by atomic mass is 9.92. The van der Waals surface area contributed by atoms with Gasteiger partial charge in [0.05, 0.1) is 17.2 Å². The highest BCUT2D eigenvalue weighted by atomic mass is 16.3. The van der Waals surface area contributed by atoms with Crippen molar-refractivity contribution in [3.05, 3.63) is 40.1 Å². The van der Waals surface area contributed by atoms with E-state index in [9.17, 15) is 14.7 Å². The van der Waals surface area contributed by atoms with Crippen LogP contribution in [-0.2, 0) is 9.59 Å². The number of rotatable bonds is 6. The second kappa shape index (κ2) is 7.77. The average Bonchev–Trinajstić information content (AvgIpc) is 2.56. The van der Waals surface area contributed by atoms with Crippen molar-refractivity contribution >= 4 is 35.3 Å². The Morgan fingerprint density at radius 1 is 1.48 bits per heavy atom. The van der Waals surface area contributed by atoms with Crippen LogP contribution in [0.15, 0.2) is 23.3 Å². The van der Waals surface area contributed by atoms with Crippen LogP contribution in [0.1, 0.15) is 51.2 Å². The summed E-state index contributed by atoms with van der Waals surface area (Å²) in [4.78, 5) is 26.4. The van der Waals surface area contributed by atoms with Crippen LogP contribution in [0.3, 0.4) is 0 Å². The molecule has 0 aromatic heterocycles. The number of carbonyl (C=O) groups is 1. The number of phenolic OH excluding ortho intramolecular Hbond substituents is 1. The zero-order valence-electron chi connectivity index (χ0n) is 14.8. The standard InChI is InChI=1S/C20H22N2O3/c1-5-6-7-8-12(2)16-18(21-9-10-23)14(4)19-17(20(16)25)13(3)11-15(24)22-19/h8-9,11,21,25H,4-7H2,1-3H3/b12-8-. The molecule has 0 unspecified atom stereocenters. The number of phenols is 1. The van der Waals surface area contributed by atoms with E-state index in [1.807, 2.05) is 13.0 Å². The predicted molar refractivity (Wildman–Crippen MR) is 100 cm³/mol. The van der Waals surface area contributed by atoms with Crippen LogP contribution in [0.5, 0.6) is 5.75 Å². The van der Waals surface area contributed by atoms with Gasteiger partial charge in [0, 0.05) is 22.4 Å². The molecule has 1 aromatic carbocycles. The molecule has 130 valence electrons. The zero-order chi connectivity index (χ0) is 18.6. The third kappa shape index (κ3) is 3.62. The fourth-order valence-electron chi connectivity index (χ4n) is 2.94. The summed E-state index contributed by atoms with van der Waals surface area (Å²) in [7, 11) is 0. The Morgan fingerprint density at radius 2 is 2.20 bits per heavy atom. The van der Waals surface area contributed by atoms with Crippen molar-refractivity contribution in [1.82, 2.24) is 0 Å². The van der Waals surface area contributed by atoms with E-state index in [0.29, 0.717) is 33.0 Å². The highest BCUT2D eigenvalue weighted by Crippen LogP contribution is 2.35. The Hall–Kier alpha value is -2.91. The van der Waals surface area contributed by atoms with Crippen LogP contribution >= 0.6 is 0 Å². The van der Waals surface area contributed by atoms with Crippen molar-refractivity contribution in [3.8, 4) is 5.75 Å². The minimum absolute atomic E-state index is 0.0273. The number of hydrogen-bond donors (Lipinski definition) is 2. The van der Waals surface area contributed by atoms with Gasteiger partial charge in [-0.3, -0.25) is 4.79 Å². The molecule has 5 nitrogen and oxygen atoms in total. The van der Waals surface area contributed by atoms with Gasteiger partial charge < -0.3 is 10.4 Å². The minimum Gasteiger partial charge on any atom is -0.507 e. The van der Waals surface area contributed by atoms with Crippen molar-refractivity contribution in [1.29, 1.82) is 0 Å². The Bertz CT molecular complexity index is 933. The maximum atomic E-state index is 11.8. The molecule has 0 fully saturated rings. The first-order valence-corrected chi connectivity index (χ1v) is 8.24. The Labute approximate surface area is 146 Å². The summed E-state index contributed by atoms with van der Waals surface area (Å²) in [5, 5.41) is 14.5. The molecule has 1 amide bonds.